The molecule has 0 aromatic heterocycles. The number of methoxy groups -OCH3 is 2. The van der Waals surface area contributed by atoms with Crippen LogP contribution >= 0.6 is 0 Å². The average molecular weight is 370 g/mol. The summed E-state index contributed by atoms with van der Waals surface area (Å²) < 4.78 is 23.6. The second-order valence-electron chi connectivity index (χ2n) is 5.87. The van der Waals surface area contributed by atoms with E-state index in [0.29, 0.717) is 17.0 Å². The minimum absolute atomic E-state index is 0.104. The molecule has 7 heteroatoms. The summed E-state index contributed by atoms with van der Waals surface area (Å²) in [5.74, 6) is -0.722. The lowest BCUT2D eigenvalue weighted by Gasteiger charge is -2.14. The van der Waals surface area contributed by atoms with Crippen LogP contribution < -0.4 is 10.1 Å². The van der Waals surface area contributed by atoms with Crippen LogP contribution in [0.25, 0.3) is 5.57 Å². The highest BCUT2D eigenvalue weighted by Gasteiger charge is 2.38. The molecule has 0 bridgehead atoms. The number of halogens is 1. The van der Waals surface area contributed by atoms with Crippen molar-refractivity contribution < 1.29 is 23.5 Å². The van der Waals surface area contributed by atoms with Gasteiger partial charge in [0, 0.05) is 12.8 Å². The minimum Gasteiger partial charge on any atom is -0.497 e. The van der Waals surface area contributed by atoms with Crippen molar-refractivity contribution in [2.45, 2.75) is 0 Å². The minimum atomic E-state index is -0.480. The molecule has 0 unspecified atom stereocenters. The monoisotopic (exact) mass is 370 g/mol. The fraction of sp³-hybridized carbons (Fsp3) is 0.200. The summed E-state index contributed by atoms with van der Waals surface area (Å²) >= 11 is 0. The zero-order chi connectivity index (χ0) is 19.4. The Balaban J connectivity index is 2.03. The standard InChI is InChI=1S/C20H19FN2O4/c1-26-11-10-23-19(24)17(13-6-8-16(27-2)9-7-13)18(20(23)25)22-15-5-3-4-14(21)12-15/h3-9,12,22H,10-11H2,1-2H3. The van der Waals surface area contributed by atoms with Crippen LogP contribution in [0.1, 0.15) is 5.56 Å². The van der Waals surface area contributed by atoms with Crippen molar-refractivity contribution in [3.05, 3.63) is 65.6 Å². The highest BCUT2D eigenvalue weighted by molar-refractivity contribution is 6.36. The van der Waals surface area contributed by atoms with Crippen LogP contribution in [0.3, 0.4) is 0 Å². The van der Waals surface area contributed by atoms with E-state index in [1.54, 1.807) is 37.4 Å². The number of anilines is 1. The van der Waals surface area contributed by atoms with Crippen molar-refractivity contribution in [3.8, 4) is 5.75 Å². The molecule has 1 N–H and O–H groups in total. The number of benzene rings is 2. The van der Waals surface area contributed by atoms with Gasteiger partial charge in [-0.3, -0.25) is 14.5 Å². The molecule has 0 radical (unpaired) electrons. The summed E-state index contributed by atoms with van der Waals surface area (Å²) in [5.41, 5.74) is 1.27. The lowest BCUT2D eigenvalue weighted by Crippen LogP contribution is -2.35. The first-order valence-corrected chi connectivity index (χ1v) is 8.31. The molecule has 2 amide bonds. The highest BCUT2D eigenvalue weighted by Crippen LogP contribution is 2.31. The van der Waals surface area contributed by atoms with Gasteiger partial charge in [-0.25, -0.2) is 4.39 Å². The molecule has 0 atom stereocenters. The Hall–Kier alpha value is -3.19. The number of hydrogen-bond acceptors (Lipinski definition) is 5. The van der Waals surface area contributed by atoms with Gasteiger partial charge < -0.3 is 14.8 Å². The molecule has 0 saturated heterocycles. The van der Waals surface area contributed by atoms with Gasteiger partial charge in [0.25, 0.3) is 11.8 Å². The summed E-state index contributed by atoms with van der Waals surface area (Å²) in [6, 6.07) is 12.5. The number of carbonyl (C=O) groups excluding carboxylic acids is 2. The second kappa shape index (κ2) is 8.01. The van der Waals surface area contributed by atoms with Crippen molar-refractivity contribution in [2.75, 3.05) is 32.7 Å². The molecule has 1 aliphatic rings. The van der Waals surface area contributed by atoms with Crippen molar-refractivity contribution in [3.63, 3.8) is 0 Å². The average Bonchev–Trinajstić information content (AvgIpc) is 2.90. The van der Waals surface area contributed by atoms with Gasteiger partial charge in [-0.15, -0.1) is 0 Å². The molecule has 27 heavy (non-hydrogen) atoms. The Bertz CT molecular complexity index is 893. The van der Waals surface area contributed by atoms with Gasteiger partial charge >= 0.3 is 0 Å². The van der Waals surface area contributed by atoms with Crippen LogP contribution in [-0.2, 0) is 14.3 Å². The third kappa shape index (κ3) is 3.83. The fourth-order valence-corrected chi connectivity index (χ4v) is 2.81. The number of rotatable bonds is 7. The zero-order valence-electron chi connectivity index (χ0n) is 15.0. The maximum Gasteiger partial charge on any atom is 0.278 e. The molecule has 6 nitrogen and oxygen atoms in total. The van der Waals surface area contributed by atoms with E-state index in [1.165, 1.54) is 25.3 Å². The van der Waals surface area contributed by atoms with Crippen LogP contribution in [0.15, 0.2) is 54.2 Å². The number of amides is 2. The predicted molar refractivity (Wildman–Crippen MR) is 98.5 cm³/mol. The maximum atomic E-state index is 13.5. The summed E-state index contributed by atoms with van der Waals surface area (Å²) in [7, 11) is 3.04. The van der Waals surface area contributed by atoms with E-state index < -0.39 is 17.6 Å². The Kier molecular flexibility index (Phi) is 5.52. The summed E-state index contributed by atoms with van der Waals surface area (Å²) in [4.78, 5) is 26.8. The maximum absolute atomic E-state index is 13.5. The van der Waals surface area contributed by atoms with Crippen molar-refractivity contribution in [1.82, 2.24) is 4.90 Å². The zero-order valence-corrected chi connectivity index (χ0v) is 15.0. The number of ether oxygens (including phenoxy) is 2. The van der Waals surface area contributed by atoms with Crippen molar-refractivity contribution in [2.24, 2.45) is 0 Å². The molecule has 1 aliphatic heterocycles. The quantitative estimate of drug-likeness (QED) is 0.759. The van der Waals surface area contributed by atoms with Crippen LogP contribution in [0, 0.1) is 5.82 Å². The van der Waals surface area contributed by atoms with Gasteiger partial charge in [0.1, 0.15) is 17.3 Å². The molecule has 2 aromatic rings. The van der Waals surface area contributed by atoms with E-state index >= 15 is 0 Å². The highest BCUT2D eigenvalue weighted by atomic mass is 19.1. The summed E-state index contributed by atoms with van der Waals surface area (Å²) in [6.45, 7) is 0.350. The van der Waals surface area contributed by atoms with Crippen molar-refractivity contribution in [1.29, 1.82) is 0 Å². The SMILES string of the molecule is COCCN1C(=O)C(Nc2cccc(F)c2)=C(c2ccc(OC)cc2)C1=O. The molecular formula is C20H19FN2O4. The Morgan fingerprint density at radius 1 is 1.04 bits per heavy atom. The molecular weight excluding hydrogens is 351 g/mol. The van der Waals surface area contributed by atoms with Crippen molar-refractivity contribution >= 4 is 23.1 Å². The molecule has 1 heterocycles. The summed E-state index contributed by atoms with van der Waals surface area (Å²) in [6.07, 6.45) is 0. The summed E-state index contributed by atoms with van der Waals surface area (Å²) in [5, 5.41) is 2.90. The normalized spacial score (nSPS) is 14.1. The van der Waals surface area contributed by atoms with Gasteiger partial charge in [0.2, 0.25) is 0 Å². The van der Waals surface area contributed by atoms with E-state index in [0.717, 1.165) is 4.90 Å². The molecule has 0 spiro atoms. The Morgan fingerprint density at radius 3 is 2.41 bits per heavy atom. The van der Waals surface area contributed by atoms with Crippen LogP contribution in [0.4, 0.5) is 10.1 Å². The van der Waals surface area contributed by atoms with Crippen LogP contribution in [0.5, 0.6) is 5.75 Å². The first-order chi connectivity index (χ1) is 13.0. The van der Waals surface area contributed by atoms with Crippen LogP contribution in [-0.4, -0.2) is 44.1 Å². The molecule has 2 aromatic carbocycles. The first-order valence-electron chi connectivity index (χ1n) is 8.31. The van der Waals surface area contributed by atoms with E-state index in [1.807, 2.05) is 0 Å². The van der Waals surface area contributed by atoms with E-state index in [-0.39, 0.29) is 24.4 Å². The van der Waals surface area contributed by atoms with E-state index in [2.05, 4.69) is 5.32 Å². The second-order valence-corrected chi connectivity index (χ2v) is 5.87. The number of nitrogens with one attached hydrogen (secondary N) is 1. The third-order valence-corrected chi connectivity index (χ3v) is 4.16. The number of nitrogens with zero attached hydrogens (tertiary/aromatic N) is 1. The van der Waals surface area contributed by atoms with E-state index in [4.69, 9.17) is 9.47 Å². The van der Waals surface area contributed by atoms with Gasteiger partial charge in [0.05, 0.1) is 25.8 Å². The Labute approximate surface area is 156 Å². The van der Waals surface area contributed by atoms with Gasteiger partial charge in [0.15, 0.2) is 0 Å². The fourth-order valence-electron chi connectivity index (χ4n) is 2.81. The molecule has 3 rings (SSSR count). The lowest BCUT2D eigenvalue weighted by molar-refractivity contribution is -0.137. The smallest absolute Gasteiger partial charge is 0.278 e. The lowest BCUT2D eigenvalue weighted by atomic mass is 10.0. The predicted octanol–water partition coefficient (Wildman–Crippen LogP) is 2.67. The van der Waals surface area contributed by atoms with E-state index in [9.17, 15) is 14.0 Å². The van der Waals surface area contributed by atoms with Gasteiger partial charge in [-0.05, 0) is 35.9 Å². The number of carbonyl (C=O) groups is 2. The molecule has 140 valence electrons. The van der Waals surface area contributed by atoms with Gasteiger partial charge in [-0.1, -0.05) is 18.2 Å². The molecule has 0 aliphatic carbocycles. The Morgan fingerprint density at radius 2 is 1.78 bits per heavy atom. The third-order valence-electron chi connectivity index (χ3n) is 4.16. The topological polar surface area (TPSA) is 67.9 Å². The molecule has 0 fully saturated rings. The largest absolute Gasteiger partial charge is 0.497 e. The first kappa shape index (κ1) is 18.6. The van der Waals surface area contributed by atoms with Gasteiger partial charge in [-0.2, -0.15) is 0 Å². The molecule has 0 saturated carbocycles. The number of imide groups is 1. The van der Waals surface area contributed by atoms with Crippen LogP contribution in [0.2, 0.25) is 0 Å². The number of hydrogen-bond donors (Lipinski definition) is 1.